The molecule has 2 heterocycles. The summed E-state index contributed by atoms with van der Waals surface area (Å²) in [4.78, 5) is 20.9. The van der Waals surface area contributed by atoms with Crippen molar-refractivity contribution in [2.45, 2.75) is 13.8 Å². The Hall–Kier alpha value is -1.53. The van der Waals surface area contributed by atoms with E-state index in [9.17, 15) is 4.79 Å². The molecular formula is C11H11N3OS2. The largest absolute Gasteiger partial charge is 0.298 e. The highest BCUT2D eigenvalue weighted by atomic mass is 32.1. The van der Waals surface area contributed by atoms with Crippen LogP contribution in [-0.2, 0) is 4.79 Å². The monoisotopic (exact) mass is 265 g/mol. The molecule has 0 saturated carbocycles. The maximum atomic E-state index is 11.5. The van der Waals surface area contributed by atoms with Crippen molar-refractivity contribution in [2.24, 2.45) is 0 Å². The topological polar surface area (TPSA) is 54.9 Å². The van der Waals surface area contributed by atoms with Gasteiger partial charge in [0, 0.05) is 22.5 Å². The quantitative estimate of drug-likeness (QED) is 0.868. The Morgan fingerprint density at radius 2 is 2.29 bits per heavy atom. The van der Waals surface area contributed by atoms with Gasteiger partial charge in [0.05, 0.1) is 10.7 Å². The van der Waals surface area contributed by atoms with Crippen molar-refractivity contribution in [2.75, 3.05) is 5.32 Å². The van der Waals surface area contributed by atoms with Gasteiger partial charge in [0.25, 0.3) is 0 Å². The molecule has 0 aliphatic rings. The van der Waals surface area contributed by atoms with Crippen molar-refractivity contribution in [1.82, 2.24) is 9.97 Å². The van der Waals surface area contributed by atoms with E-state index >= 15 is 0 Å². The zero-order valence-electron chi connectivity index (χ0n) is 9.43. The first-order chi connectivity index (χ1) is 8.13. The van der Waals surface area contributed by atoms with Gasteiger partial charge >= 0.3 is 0 Å². The third-order valence-electron chi connectivity index (χ3n) is 1.89. The van der Waals surface area contributed by atoms with Gasteiger partial charge in [0.2, 0.25) is 5.91 Å². The van der Waals surface area contributed by atoms with Crippen molar-refractivity contribution >= 4 is 39.8 Å². The molecule has 2 aromatic rings. The molecule has 1 amide bonds. The smallest absolute Gasteiger partial charge is 0.250 e. The van der Waals surface area contributed by atoms with E-state index in [0.29, 0.717) is 5.13 Å². The van der Waals surface area contributed by atoms with Crippen molar-refractivity contribution in [1.29, 1.82) is 0 Å². The maximum Gasteiger partial charge on any atom is 0.250 e. The van der Waals surface area contributed by atoms with E-state index in [1.54, 1.807) is 23.6 Å². The molecule has 0 fully saturated rings. The molecule has 0 aliphatic carbocycles. The van der Waals surface area contributed by atoms with Crippen LogP contribution in [0.5, 0.6) is 0 Å². The van der Waals surface area contributed by atoms with Gasteiger partial charge in [-0.1, -0.05) is 0 Å². The lowest BCUT2D eigenvalue weighted by Gasteiger charge is -1.94. The minimum Gasteiger partial charge on any atom is -0.298 e. The number of anilines is 1. The molecule has 0 saturated heterocycles. The average molecular weight is 265 g/mol. The standard InChI is InChI=1S/C11H11N3OS2/c1-7-5-12-11(17-7)14-10(15)4-3-9-6-16-8(2)13-9/h3-6H,1-2H3,(H,12,14,15)/b4-3+. The number of hydrogen-bond donors (Lipinski definition) is 1. The van der Waals surface area contributed by atoms with Gasteiger partial charge in [-0.15, -0.1) is 22.7 Å². The number of nitrogens with zero attached hydrogens (tertiary/aromatic N) is 2. The molecule has 6 heteroatoms. The van der Waals surface area contributed by atoms with Crippen LogP contribution < -0.4 is 5.32 Å². The first-order valence-corrected chi connectivity index (χ1v) is 6.67. The number of hydrogen-bond acceptors (Lipinski definition) is 5. The van der Waals surface area contributed by atoms with Gasteiger partial charge < -0.3 is 0 Å². The fourth-order valence-electron chi connectivity index (χ4n) is 1.18. The number of thiazole rings is 2. The van der Waals surface area contributed by atoms with Crippen LogP contribution in [0.2, 0.25) is 0 Å². The molecule has 0 spiro atoms. The average Bonchev–Trinajstić information content (AvgIpc) is 2.85. The van der Waals surface area contributed by atoms with Gasteiger partial charge in [0.15, 0.2) is 5.13 Å². The number of carbonyl (C=O) groups is 1. The lowest BCUT2D eigenvalue weighted by atomic mass is 10.4. The van der Waals surface area contributed by atoms with Crippen LogP contribution in [0, 0.1) is 13.8 Å². The summed E-state index contributed by atoms with van der Waals surface area (Å²) in [6.45, 7) is 3.88. The molecule has 0 atom stereocenters. The third kappa shape index (κ3) is 3.47. The first kappa shape index (κ1) is 11.9. The van der Waals surface area contributed by atoms with E-state index in [2.05, 4.69) is 15.3 Å². The van der Waals surface area contributed by atoms with Crippen molar-refractivity contribution in [3.63, 3.8) is 0 Å². The summed E-state index contributed by atoms with van der Waals surface area (Å²) in [5.74, 6) is -0.190. The number of amides is 1. The summed E-state index contributed by atoms with van der Waals surface area (Å²) in [5, 5.41) is 6.21. The lowest BCUT2D eigenvalue weighted by Crippen LogP contribution is -2.07. The molecule has 4 nitrogen and oxygen atoms in total. The first-order valence-electron chi connectivity index (χ1n) is 4.97. The summed E-state index contributed by atoms with van der Waals surface area (Å²) in [7, 11) is 0. The SMILES string of the molecule is Cc1cnc(NC(=O)/C=C/c2csc(C)n2)s1. The molecule has 17 heavy (non-hydrogen) atoms. The zero-order chi connectivity index (χ0) is 12.3. The van der Waals surface area contributed by atoms with Crippen LogP contribution in [-0.4, -0.2) is 15.9 Å². The van der Waals surface area contributed by atoms with Gasteiger partial charge in [-0.05, 0) is 19.9 Å². The molecule has 0 aromatic carbocycles. The van der Waals surface area contributed by atoms with E-state index in [-0.39, 0.29) is 5.91 Å². The second-order valence-electron chi connectivity index (χ2n) is 3.39. The highest BCUT2D eigenvalue weighted by Crippen LogP contribution is 2.16. The number of aryl methyl sites for hydroxylation is 2. The molecule has 0 unspecified atom stereocenters. The molecule has 0 bridgehead atoms. The van der Waals surface area contributed by atoms with E-state index in [1.165, 1.54) is 17.4 Å². The fraction of sp³-hybridized carbons (Fsp3) is 0.182. The number of aromatic nitrogens is 2. The van der Waals surface area contributed by atoms with Gasteiger partial charge in [0.1, 0.15) is 0 Å². The van der Waals surface area contributed by atoms with E-state index < -0.39 is 0 Å². The number of carbonyl (C=O) groups excluding carboxylic acids is 1. The minimum absolute atomic E-state index is 0.190. The van der Waals surface area contributed by atoms with E-state index in [0.717, 1.165) is 15.6 Å². The molecule has 0 aliphatic heterocycles. The summed E-state index contributed by atoms with van der Waals surface area (Å²) in [5.41, 5.74) is 0.804. The lowest BCUT2D eigenvalue weighted by molar-refractivity contribution is -0.111. The van der Waals surface area contributed by atoms with Crippen molar-refractivity contribution in [3.8, 4) is 0 Å². The minimum atomic E-state index is -0.190. The van der Waals surface area contributed by atoms with Crippen LogP contribution in [0.4, 0.5) is 5.13 Å². The Kier molecular flexibility index (Phi) is 3.65. The molecule has 1 N–H and O–H groups in total. The second kappa shape index (κ2) is 5.20. The highest BCUT2D eigenvalue weighted by Gasteiger charge is 2.02. The van der Waals surface area contributed by atoms with Gasteiger partial charge in [-0.2, -0.15) is 0 Å². The fourth-order valence-corrected chi connectivity index (χ4v) is 2.43. The van der Waals surface area contributed by atoms with Crippen LogP contribution in [0.15, 0.2) is 17.7 Å². The van der Waals surface area contributed by atoms with Crippen LogP contribution in [0.25, 0.3) is 6.08 Å². The Bertz CT molecular complexity index is 557. The maximum absolute atomic E-state index is 11.5. The van der Waals surface area contributed by atoms with Crippen LogP contribution in [0.3, 0.4) is 0 Å². The Morgan fingerprint density at radius 3 is 2.88 bits per heavy atom. The van der Waals surface area contributed by atoms with Crippen molar-refractivity contribution in [3.05, 3.63) is 33.2 Å². The Labute approximate surface area is 107 Å². The Balaban J connectivity index is 1.95. The predicted octanol–water partition coefficient (Wildman–Crippen LogP) is 2.87. The number of nitrogens with one attached hydrogen (secondary N) is 1. The molecule has 2 rings (SSSR count). The summed E-state index contributed by atoms with van der Waals surface area (Å²) >= 11 is 3.01. The highest BCUT2D eigenvalue weighted by molar-refractivity contribution is 7.15. The zero-order valence-corrected chi connectivity index (χ0v) is 11.1. The normalized spacial score (nSPS) is 10.9. The second-order valence-corrected chi connectivity index (χ2v) is 5.69. The predicted molar refractivity (Wildman–Crippen MR) is 71.4 cm³/mol. The Morgan fingerprint density at radius 1 is 1.47 bits per heavy atom. The summed E-state index contributed by atoms with van der Waals surface area (Å²) < 4.78 is 0. The molecule has 0 radical (unpaired) electrons. The van der Waals surface area contributed by atoms with Crippen LogP contribution >= 0.6 is 22.7 Å². The molecule has 88 valence electrons. The van der Waals surface area contributed by atoms with Crippen molar-refractivity contribution < 1.29 is 4.79 Å². The van der Waals surface area contributed by atoms with Gasteiger partial charge in [-0.3, -0.25) is 10.1 Å². The summed E-state index contributed by atoms with van der Waals surface area (Å²) in [6, 6.07) is 0. The van der Waals surface area contributed by atoms with E-state index in [4.69, 9.17) is 0 Å². The van der Waals surface area contributed by atoms with Gasteiger partial charge in [-0.25, -0.2) is 9.97 Å². The molecular weight excluding hydrogens is 254 g/mol. The molecule has 2 aromatic heterocycles. The third-order valence-corrected chi connectivity index (χ3v) is 3.51. The summed E-state index contributed by atoms with van der Waals surface area (Å²) in [6.07, 6.45) is 4.89. The van der Waals surface area contributed by atoms with Crippen LogP contribution in [0.1, 0.15) is 15.6 Å². The number of rotatable bonds is 3. The van der Waals surface area contributed by atoms with E-state index in [1.807, 2.05) is 19.2 Å².